The van der Waals surface area contributed by atoms with Gasteiger partial charge in [0.05, 0.1) is 14.2 Å². The quantitative estimate of drug-likeness (QED) is 0.853. The first-order valence-electron chi connectivity index (χ1n) is 5.15. The first kappa shape index (κ1) is 12.0. The van der Waals surface area contributed by atoms with Gasteiger partial charge >= 0.3 is 0 Å². The Kier molecular flexibility index (Phi) is 3.69. The monoisotopic (exact) mass is 291 g/mol. The Labute approximate surface area is 109 Å². The van der Waals surface area contributed by atoms with Gasteiger partial charge in [-0.1, -0.05) is 40.2 Å². The van der Waals surface area contributed by atoms with E-state index in [0.717, 1.165) is 21.3 Å². The number of halogens is 1. The average molecular weight is 292 g/mol. The molecule has 0 amide bonds. The summed E-state index contributed by atoms with van der Waals surface area (Å²) in [5.41, 5.74) is 1.92. The van der Waals surface area contributed by atoms with Crippen LogP contribution < -0.4 is 9.47 Å². The molecule has 0 aliphatic rings. The maximum Gasteiger partial charge on any atom is 0.168 e. The zero-order chi connectivity index (χ0) is 12.3. The lowest BCUT2D eigenvalue weighted by atomic mass is 10.0. The third-order valence-electron chi connectivity index (χ3n) is 2.48. The maximum atomic E-state index is 5.41. The molecule has 2 rings (SSSR count). The zero-order valence-electron chi connectivity index (χ0n) is 9.66. The molecule has 3 heteroatoms. The van der Waals surface area contributed by atoms with Crippen molar-refractivity contribution in [2.24, 2.45) is 0 Å². The van der Waals surface area contributed by atoms with Crippen molar-refractivity contribution >= 4 is 15.9 Å². The van der Waals surface area contributed by atoms with Crippen molar-refractivity contribution in [2.45, 2.75) is 0 Å². The third kappa shape index (κ3) is 2.29. The predicted octanol–water partition coefficient (Wildman–Crippen LogP) is 3.93. The normalized spacial score (nSPS) is 10.1. The van der Waals surface area contributed by atoms with Crippen molar-refractivity contribution in [2.75, 3.05) is 14.2 Å². The first-order chi connectivity index (χ1) is 8.27. The SMILES string of the molecule is COc1cccc(-c2[c]cccc2Br)c1OC. The van der Waals surface area contributed by atoms with E-state index in [1.54, 1.807) is 14.2 Å². The molecule has 0 saturated heterocycles. The molecule has 0 bridgehead atoms. The van der Waals surface area contributed by atoms with Crippen LogP contribution in [0.5, 0.6) is 11.5 Å². The molecule has 2 aromatic rings. The van der Waals surface area contributed by atoms with E-state index in [4.69, 9.17) is 9.47 Å². The molecule has 2 aromatic carbocycles. The summed E-state index contributed by atoms with van der Waals surface area (Å²) in [6.45, 7) is 0. The Balaban J connectivity index is 2.63. The lowest BCUT2D eigenvalue weighted by Crippen LogP contribution is -1.93. The molecule has 0 N–H and O–H groups in total. The highest BCUT2D eigenvalue weighted by atomic mass is 79.9. The minimum atomic E-state index is 0.717. The number of hydrogen-bond acceptors (Lipinski definition) is 2. The summed E-state index contributed by atoms with van der Waals surface area (Å²) in [6, 6.07) is 14.8. The minimum absolute atomic E-state index is 0.717. The molecule has 2 nitrogen and oxygen atoms in total. The molecule has 1 radical (unpaired) electrons. The summed E-state index contributed by atoms with van der Waals surface area (Å²) in [4.78, 5) is 0. The van der Waals surface area contributed by atoms with Gasteiger partial charge in [0, 0.05) is 15.6 Å². The molecule has 87 valence electrons. The van der Waals surface area contributed by atoms with Gasteiger partial charge in [-0.25, -0.2) is 0 Å². The van der Waals surface area contributed by atoms with Gasteiger partial charge in [-0.05, 0) is 18.2 Å². The number of rotatable bonds is 3. The van der Waals surface area contributed by atoms with Crippen molar-refractivity contribution in [1.29, 1.82) is 0 Å². The first-order valence-corrected chi connectivity index (χ1v) is 5.94. The second kappa shape index (κ2) is 5.23. The van der Waals surface area contributed by atoms with E-state index in [0.29, 0.717) is 5.75 Å². The number of para-hydroxylation sites is 1. The fourth-order valence-corrected chi connectivity index (χ4v) is 2.19. The van der Waals surface area contributed by atoms with Gasteiger partial charge in [0.15, 0.2) is 11.5 Å². The fourth-order valence-electron chi connectivity index (χ4n) is 1.71. The van der Waals surface area contributed by atoms with Crippen molar-refractivity contribution in [1.82, 2.24) is 0 Å². The topological polar surface area (TPSA) is 18.5 Å². The summed E-state index contributed by atoms with van der Waals surface area (Å²) in [6.07, 6.45) is 0. The smallest absolute Gasteiger partial charge is 0.168 e. The highest BCUT2D eigenvalue weighted by Gasteiger charge is 2.13. The Morgan fingerprint density at radius 3 is 2.53 bits per heavy atom. The second-order valence-corrected chi connectivity index (χ2v) is 4.29. The second-order valence-electron chi connectivity index (χ2n) is 3.43. The summed E-state index contributed by atoms with van der Waals surface area (Å²) < 4.78 is 11.7. The van der Waals surface area contributed by atoms with Crippen molar-refractivity contribution in [3.05, 3.63) is 46.9 Å². The van der Waals surface area contributed by atoms with Crippen molar-refractivity contribution < 1.29 is 9.47 Å². The summed E-state index contributed by atoms with van der Waals surface area (Å²) in [7, 11) is 3.27. The third-order valence-corrected chi connectivity index (χ3v) is 3.14. The van der Waals surface area contributed by atoms with Crippen LogP contribution in [0.15, 0.2) is 40.9 Å². The molecule has 0 saturated carbocycles. The van der Waals surface area contributed by atoms with Crippen LogP contribution in [0.2, 0.25) is 0 Å². The Hall–Kier alpha value is -1.48. The van der Waals surface area contributed by atoms with E-state index in [9.17, 15) is 0 Å². The minimum Gasteiger partial charge on any atom is -0.493 e. The van der Waals surface area contributed by atoms with Gasteiger partial charge in [-0.2, -0.15) is 0 Å². The Bertz CT molecular complexity index is 523. The van der Waals surface area contributed by atoms with Crippen molar-refractivity contribution in [3.63, 3.8) is 0 Å². The van der Waals surface area contributed by atoms with Gasteiger partial charge in [-0.15, -0.1) is 0 Å². The maximum absolute atomic E-state index is 5.41. The number of benzene rings is 2. The molecule has 0 aromatic heterocycles. The fraction of sp³-hybridized carbons (Fsp3) is 0.143. The summed E-state index contributed by atoms with van der Waals surface area (Å²) >= 11 is 3.52. The highest BCUT2D eigenvalue weighted by Crippen LogP contribution is 2.40. The highest BCUT2D eigenvalue weighted by molar-refractivity contribution is 9.10. The van der Waals surface area contributed by atoms with Gasteiger partial charge in [0.1, 0.15) is 0 Å². The van der Waals surface area contributed by atoms with Crippen LogP contribution in [0, 0.1) is 6.07 Å². The van der Waals surface area contributed by atoms with Crippen LogP contribution in [0.1, 0.15) is 0 Å². The average Bonchev–Trinajstić information content (AvgIpc) is 2.38. The molecule has 0 atom stereocenters. The molecular formula is C14H12BrO2. The summed E-state index contributed by atoms with van der Waals surface area (Å²) in [5, 5.41) is 0. The van der Waals surface area contributed by atoms with Gasteiger partial charge in [-0.3, -0.25) is 0 Å². The molecule has 0 heterocycles. The van der Waals surface area contributed by atoms with E-state index in [-0.39, 0.29) is 0 Å². The number of methoxy groups -OCH3 is 2. The van der Waals surface area contributed by atoms with Crippen LogP contribution in [-0.4, -0.2) is 14.2 Å². The largest absolute Gasteiger partial charge is 0.493 e. The lowest BCUT2D eigenvalue weighted by molar-refractivity contribution is 0.356. The van der Waals surface area contributed by atoms with E-state index in [2.05, 4.69) is 22.0 Å². The summed E-state index contributed by atoms with van der Waals surface area (Å²) in [5.74, 6) is 1.44. The Morgan fingerprint density at radius 2 is 1.88 bits per heavy atom. The van der Waals surface area contributed by atoms with Crippen LogP contribution in [0.4, 0.5) is 0 Å². The van der Waals surface area contributed by atoms with Crippen LogP contribution in [0.25, 0.3) is 11.1 Å². The van der Waals surface area contributed by atoms with E-state index >= 15 is 0 Å². The van der Waals surface area contributed by atoms with Gasteiger partial charge in [0.2, 0.25) is 0 Å². The molecule has 0 fully saturated rings. The number of ether oxygens (including phenoxy) is 2. The number of hydrogen-bond donors (Lipinski definition) is 0. The Morgan fingerprint density at radius 1 is 1.06 bits per heavy atom. The predicted molar refractivity (Wildman–Crippen MR) is 71.5 cm³/mol. The molecule has 17 heavy (non-hydrogen) atoms. The molecule has 0 unspecified atom stereocenters. The van der Waals surface area contributed by atoms with E-state index < -0.39 is 0 Å². The molecule has 0 aliphatic carbocycles. The molecular weight excluding hydrogens is 280 g/mol. The van der Waals surface area contributed by atoms with E-state index in [1.165, 1.54) is 0 Å². The van der Waals surface area contributed by atoms with Crippen LogP contribution in [0.3, 0.4) is 0 Å². The van der Waals surface area contributed by atoms with E-state index in [1.807, 2.05) is 36.4 Å². The lowest BCUT2D eigenvalue weighted by Gasteiger charge is -2.13. The van der Waals surface area contributed by atoms with Gasteiger partial charge < -0.3 is 9.47 Å². The zero-order valence-corrected chi connectivity index (χ0v) is 11.2. The van der Waals surface area contributed by atoms with Crippen LogP contribution in [-0.2, 0) is 0 Å². The van der Waals surface area contributed by atoms with Crippen LogP contribution >= 0.6 is 15.9 Å². The standard InChI is InChI=1S/C14H12BrO2/c1-16-13-9-5-7-11(14(13)17-2)10-6-3-4-8-12(10)15/h3-5,7-9H,1-2H3. The molecule has 0 aliphatic heterocycles. The molecule has 0 spiro atoms. The van der Waals surface area contributed by atoms with Crippen molar-refractivity contribution in [3.8, 4) is 22.6 Å². The van der Waals surface area contributed by atoms with Gasteiger partial charge in [0.25, 0.3) is 0 Å².